The van der Waals surface area contributed by atoms with Gasteiger partial charge in [0.05, 0.1) is 4.88 Å². The summed E-state index contributed by atoms with van der Waals surface area (Å²) in [4.78, 5) is 12.9. The Morgan fingerprint density at radius 3 is 2.55 bits per heavy atom. The van der Waals surface area contributed by atoms with Crippen LogP contribution in [0.5, 0.6) is 5.75 Å². The molecule has 0 bridgehead atoms. The zero-order valence-corrected chi connectivity index (χ0v) is 12.4. The van der Waals surface area contributed by atoms with Gasteiger partial charge in [-0.15, -0.1) is 11.3 Å². The molecule has 0 saturated carbocycles. The van der Waals surface area contributed by atoms with Gasteiger partial charge in [-0.1, -0.05) is 26.0 Å². The first kappa shape index (κ1) is 14.6. The molecular weight excluding hydrogens is 272 g/mol. The van der Waals surface area contributed by atoms with Gasteiger partial charge in [0.1, 0.15) is 12.4 Å². The Morgan fingerprint density at radius 1 is 1.25 bits per heavy atom. The molecule has 1 aromatic carbocycles. The molecule has 0 spiro atoms. The normalized spacial score (nSPS) is 10.6. The van der Waals surface area contributed by atoms with Crippen LogP contribution in [-0.4, -0.2) is 5.91 Å². The lowest BCUT2D eigenvalue weighted by atomic mass is 10.0. The molecule has 4 nitrogen and oxygen atoms in total. The molecule has 0 unspecified atom stereocenters. The summed E-state index contributed by atoms with van der Waals surface area (Å²) in [5.74, 6) is 6.16. The van der Waals surface area contributed by atoms with Crippen molar-refractivity contribution >= 4 is 17.2 Å². The van der Waals surface area contributed by atoms with Gasteiger partial charge in [0, 0.05) is 4.88 Å². The van der Waals surface area contributed by atoms with E-state index in [0.29, 0.717) is 17.4 Å². The quantitative estimate of drug-likeness (QED) is 0.505. The number of ether oxygens (including phenoxy) is 1. The molecule has 2 aromatic rings. The van der Waals surface area contributed by atoms with Crippen LogP contribution in [0.2, 0.25) is 0 Å². The Morgan fingerprint density at radius 2 is 1.95 bits per heavy atom. The number of benzene rings is 1. The predicted molar refractivity (Wildman–Crippen MR) is 80.8 cm³/mol. The topological polar surface area (TPSA) is 64.3 Å². The Bertz CT molecular complexity index is 576. The van der Waals surface area contributed by atoms with Crippen molar-refractivity contribution in [3.63, 3.8) is 0 Å². The SMILES string of the molecule is CC(C)c1ccc(OCc2ccc(C(=O)NN)s2)cc1. The molecule has 3 N–H and O–H groups in total. The second-order valence-corrected chi connectivity index (χ2v) is 5.92. The number of hydrogen-bond acceptors (Lipinski definition) is 4. The van der Waals surface area contributed by atoms with E-state index in [9.17, 15) is 4.79 Å². The van der Waals surface area contributed by atoms with Crippen molar-refractivity contribution in [1.82, 2.24) is 5.43 Å². The van der Waals surface area contributed by atoms with E-state index in [-0.39, 0.29) is 5.91 Å². The largest absolute Gasteiger partial charge is 0.488 e. The van der Waals surface area contributed by atoms with E-state index in [1.54, 1.807) is 6.07 Å². The van der Waals surface area contributed by atoms with Gasteiger partial charge in [0.2, 0.25) is 0 Å². The number of hydrazine groups is 1. The highest BCUT2D eigenvalue weighted by atomic mass is 32.1. The van der Waals surface area contributed by atoms with Gasteiger partial charge in [-0.3, -0.25) is 10.2 Å². The highest BCUT2D eigenvalue weighted by Gasteiger charge is 2.08. The van der Waals surface area contributed by atoms with Gasteiger partial charge in [0.25, 0.3) is 5.91 Å². The molecule has 0 saturated heterocycles. The van der Waals surface area contributed by atoms with Crippen LogP contribution in [0.25, 0.3) is 0 Å². The molecule has 0 aliphatic rings. The number of thiophene rings is 1. The van der Waals surface area contributed by atoms with Crippen molar-refractivity contribution in [2.24, 2.45) is 5.84 Å². The molecule has 2 rings (SSSR count). The van der Waals surface area contributed by atoms with Crippen molar-refractivity contribution in [3.8, 4) is 5.75 Å². The maximum Gasteiger partial charge on any atom is 0.275 e. The minimum atomic E-state index is -0.275. The van der Waals surface area contributed by atoms with Gasteiger partial charge in [-0.2, -0.15) is 0 Å². The van der Waals surface area contributed by atoms with E-state index < -0.39 is 0 Å². The average molecular weight is 290 g/mol. The maximum absolute atomic E-state index is 11.3. The fraction of sp³-hybridized carbons (Fsp3) is 0.267. The van der Waals surface area contributed by atoms with E-state index in [4.69, 9.17) is 10.6 Å². The molecule has 106 valence electrons. The van der Waals surface area contributed by atoms with E-state index in [0.717, 1.165) is 10.6 Å². The second-order valence-electron chi connectivity index (χ2n) is 4.75. The zero-order chi connectivity index (χ0) is 14.5. The van der Waals surface area contributed by atoms with Crippen LogP contribution in [0.1, 0.15) is 39.9 Å². The molecule has 1 heterocycles. The van der Waals surface area contributed by atoms with Crippen LogP contribution in [0.3, 0.4) is 0 Å². The third kappa shape index (κ3) is 3.59. The minimum Gasteiger partial charge on any atom is -0.488 e. The lowest BCUT2D eigenvalue weighted by Gasteiger charge is -2.08. The first-order valence-electron chi connectivity index (χ1n) is 6.42. The van der Waals surface area contributed by atoms with Gasteiger partial charge >= 0.3 is 0 Å². The summed E-state index contributed by atoms with van der Waals surface area (Å²) < 4.78 is 5.70. The predicted octanol–water partition coefficient (Wildman–Crippen LogP) is 3.05. The third-order valence-electron chi connectivity index (χ3n) is 2.94. The lowest BCUT2D eigenvalue weighted by molar-refractivity contribution is 0.0957. The van der Waals surface area contributed by atoms with Crippen molar-refractivity contribution in [2.75, 3.05) is 0 Å². The summed E-state index contributed by atoms with van der Waals surface area (Å²) in [5, 5.41) is 0. The number of nitrogen functional groups attached to an aromatic ring is 1. The van der Waals surface area contributed by atoms with Crippen molar-refractivity contribution in [3.05, 3.63) is 51.7 Å². The van der Waals surface area contributed by atoms with Gasteiger partial charge in [0.15, 0.2) is 0 Å². The van der Waals surface area contributed by atoms with E-state index >= 15 is 0 Å². The molecule has 0 aliphatic carbocycles. The number of nitrogens with one attached hydrogen (secondary N) is 1. The molecule has 0 fully saturated rings. The van der Waals surface area contributed by atoms with Crippen LogP contribution in [0.15, 0.2) is 36.4 Å². The summed E-state index contributed by atoms with van der Waals surface area (Å²) in [6, 6.07) is 11.7. The first-order valence-corrected chi connectivity index (χ1v) is 7.24. The zero-order valence-electron chi connectivity index (χ0n) is 11.6. The van der Waals surface area contributed by atoms with E-state index in [2.05, 4.69) is 31.4 Å². The molecule has 1 amide bonds. The van der Waals surface area contributed by atoms with E-state index in [1.807, 2.05) is 18.2 Å². The highest BCUT2D eigenvalue weighted by molar-refractivity contribution is 7.14. The summed E-state index contributed by atoms with van der Waals surface area (Å²) in [6.07, 6.45) is 0. The molecule has 1 aromatic heterocycles. The Labute approximate surface area is 122 Å². The van der Waals surface area contributed by atoms with Crippen LogP contribution in [0, 0.1) is 0 Å². The van der Waals surface area contributed by atoms with Crippen molar-refractivity contribution < 1.29 is 9.53 Å². The number of rotatable bonds is 5. The van der Waals surface area contributed by atoms with Crippen LogP contribution in [0.4, 0.5) is 0 Å². The molecular formula is C15H18N2O2S. The monoisotopic (exact) mass is 290 g/mol. The number of carbonyl (C=O) groups is 1. The summed E-state index contributed by atoms with van der Waals surface area (Å²) >= 11 is 1.38. The van der Waals surface area contributed by atoms with Gasteiger partial charge < -0.3 is 4.74 Å². The Kier molecular flexibility index (Phi) is 4.76. The van der Waals surface area contributed by atoms with Gasteiger partial charge in [-0.25, -0.2) is 5.84 Å². The van der Waals surface area contributed by atoms with Crippen LogP contribution < -0.4 is 16.0 Å². The summed E-state index contributed by atoms with van der Waals surface area (Å²) in [7, 11) is 0. The summed E-state index contributed by atoms with van der Waals surface area (Å²) in [6.45, 7) is 4.76. The standard InChI is InChI=1S/C15H18N2O2S/c1-10(2)11-3-5-12(6-4-11)19-9-13-7-8-14(20-13)15(18)17-16/h3-8,10H,9,16H2,1-2H3,(H,17,18). The molecule has 0 aliphatic heterocycles. The number of hydrogen-bond donors (Lipinski definition) is 2. The number of amides is 1. The van der Waals surface area contributed by atoms with Crippen LogP contribution in [-0.2, 0) is 6.61 Å². The van der Waals surface area contributed by atoms with E-state index in [1.165, 1.54) is 16.9 Å². The second kappa shape index (κ2) is 6.54. The third-order valence-corrected chi connectivity index (χ3v) is 4.00. The Hall–Kier alpha value is -1.85. The van der Waals surface area contributed by atoms with Gasteiger partial charge in [-0.05, 0) is 35.7 Å². The average Bonchev–Trinajstić information content (AvgIpc) is 2.93. The molecule has 0 radical (unpaired) electrons. The lowest BCUT2D eigenvalue weighted by Crippen LogP contribution is -2.29. The minimum absolute atomic E-state index is 0.275. The highest BCUT2D eigenvalue weighted by Crippen LogP contribution is 2.21. The molecule has 20 heavy (non-hydrogen) atoms. The fourth-order valence-electron chi connectivity index (χ4n) is 1.75. The smallest absolute Gasteiger partial charge is 0.275 e. The van der Waals surface area contributed by atoms with Crippen LogP contribution >= 0.6 is 11.3 Å². The maximum atomic E-state index is 11.3. The number of carbonyl (C=O) groups excluding carboxylic acids is 1. The summed E-state index contributed by atoms with van der Waals surface area (Å²) in [5.41, 5.74) is 3.40. The fourth-order valence-corrected chi connectivity index (χ4v) is 2.58. The van der Waals surface area contributed by atoms with Crippen molar-refractivity contribution in [1.29, 1.82) is 0 Å². The number of nitrogens with two attached hydrogens (primary N) is 1. The first-order chi connectivity index (χ1) is 9.60. The molecule has 5 heteroatoms. The molecule has 0 atom stereocenters. The Balaban J connectivity index is 1.94. The van der Waals surface area contributed by atoms with Crippen molar-refractivity contribution in [2.45, 2.75) is 26.4 Å².